The maximum atomic E-state index is 11.3. The molecule has 3 N–H and O–H groups in total. The lowest BCUT2D eigenvalue weighted by molar-refractivity contribution is -0.146. The summed E-state index contributed by atoms with van der Waals surface area (Å²) < 4.78 is 0. The van der Waals surface area contributed by atoms with Gasteiger partial charge in [-0.15, -0.1) is 0 Å². The van der Waals surface area contributed by atoms with Gasteiger partial charge in [0, 0.05) is 0 Å². The van der Waals surface area contributed by atoms with Crippen LogP contribution in [0.25, 0.3) is 0 Å². The van der Waals surface area contributed by atoms with Crippen LogP contribution in [0.15, 0.2) is 6.33 Å². The molecule has 6 heteroatoms. The van der Waals surface area contributed by atoms with Crippen LogP contribution >= 0.6 is 0 Å². The molecule has 1 fully saturated rings. The van der Waals surface area contributed by atoms with Crippen LogP contribution in [-0.2, 0) is 10.2 Å². The number of rotatable bonds is 2. The summed E-state index contributed by atoms with van der Waals surface area (Å²) in [4.78, 5) is 15.2. The zero-order valence-electron chi connectivity index (χ0n) is 8.18. The highest BCUT2D eigenvalue weighted by atomic mass is 16.4. The number of carboxylic acid groups (broad SMARTS) is 1. The Morgan fingerprint density at radius 2 is 2.20 bits per heavy atom. The molecule has 1 aromatic rings. The lowest BCUT2D eigenvalue weighted by Crippen LogP contribution is -2.41. The number of nitrogens with one attached hydrogen (secondary N) is 1. The second-order valence-electron chi connectivity index (χ2n) is 3.95. The van der Waals surface area contributed by atoms with Gasteiger partial charge in [-0.2, -0.15) is 5.10 Å². The van der Waals surface area contributed by atoms with E-state index in [9.17, 15) is 15.0 Å². The average Bonchev–Trinajstić information content (AvgIpc) is 2.72. The van der Waals surface area contributed by atoms with Crippen molar-refractivity contribution in [2.75, 3.05) is 0 Å². The number of aliphatic carboxylic acids is 1. The van der Waals surface area contributed by atoms with Crippen LogP contribution in [0, 0.1) is 0 Å². The Bertz CT molecular complexity index is 341. The first-order valence-electron chi connectivity index (χ1n) is 4.92. The molecule has 0 bridgehead atoms. The van der Waals surface area contributed by atoms with Crippen molar-refractivity contribution >= 4 is 5.97 Å². The molecule has 1 aliphatic rings. The van der Waals surface area contributed by atoms with E-state index in [1.807, 2.05) is 0 Å². The molecule has 6 nitrogen and oxygen atoms in total. The normalized spacial score (nSPS) is 31.4. The zero-order chi connectivity index (χ0) is 10.9. The van der Waals surface area contributed by atoms with Crippen LogP contribution < -0.4 is 0 Å². The number of nitrogens with zero attached hydrogens (tertiary/aromatic N) is 2. The van der Waals surface area contributed by atoms with Crippen LogP contribution in [0.3, 0.4) is 0 Å². The molecule has 15 heavy (non-hydrogen) atoms. The molecule has 1 aromatic heterocycles. The first-order valence-corrected chi connectivity index (χ1v) is 4.92. The number of H-pyrrole nitrogens is 1. The maximum Gasteiger partial charge on any atom is 0.317 e. The highest BCUT2D eigenvalue weighted by molar-refractivity contribution is 5.80. The van der Waals surface area contributed by atoms with E-state index in [2.05, 4.69) is 15.2 Å². The Balaban J connectivity index is 2.30. The summed E-state index contributed by atoms with van der Waals surface area (Å²) in [5.74, 6) is -0.506. The van der Waals surface area contributed by atoms with E-state index < -0.39 is 11.4 Å². The molecule has 0 spiro atoms. The van der Waals surface area contributed by atoms with Gasteiger partial charge in [-0.05, 0) is 25.7 Å². The quantitative estimate of drug-likeness (QED) is 0.642. The van der Waals surface area contributed by atoms with Crippen LogP contribution in [0.4, 0.5) is 0 Å². The summed E-state index contributed by atoms with van der Waals surface area (Å²) in [6, 6.07) is 0. The number of hydrogen-bond donors (Lipinski definition) is 3. The van der Waals surface area contributed by atoms with E-state index in [1.54, 1.807) is 0 Å². The van der Waals surface area contributed by atoms with Crippen molar-refractivity contribution in [3.8, 4) is 0 Å². The SMILES string of the molecule is O=C(O)C1(c2ncn[nH]2)CCC(O)CC1. The predicted molar refractivity (Wildman–Crippen MR) is 50.2 cm³/mol. The molecule has 0 aromatic carbocycles. The Morgan fingerprint density at radius 3 is 2.67 bits per heavy atom. The van der Waals surface area contributed by atoms with Gasteiger partial charge in [0.1, 0.15) is 17.6 Å². The van der Waals surface area contributed by atoms with Crippen LogP contribution in [0.1, 0.15) is 31.5 Å². The minimum Gasteiger partial charge on any atom is -0.480 e. The van der Waals surface area contributed by atoms with Crippen LogP contribution in [0.2, 0.25) is 0 Å². The van der Waals surface area contributed by atoms with Crippen molar-refractivity contribution in [2.24, 2.45) is 0 Å². The number of aromatic amines is 1. The van der Waals surface area contributed by atoms with Crippen LogP contribution in [0.5, 0.6) is 0 Å². The first kappa shape index (κ1) is 10.1. The molecule has 1 aliphatic carbocycles. The fourth-order valence-corrected chi connectivity index (χ4v) is 2.08. The van der Waals surface area contributed by atoms with Crippen LogP contribution in [-0.4, -0.2) is 37.5 Å². The topological polar surface area (TPSA) is 99.1 Å². The van der Waals surface area contributed by atoms with Crippen molar-refractivity contribution in [1.82, 2.24) is 15.2 Å². The smallest absolute Gasteiger partial charge is 0.317 e. The molecule has 1 saturated carbocycles. The number of hydrogen-bond acceptors (Lipinski definition) is 4. The van der Waals surface area contributed by atoms with Gasteiger partial charge in [-0.25, -0.2) is 4.98 Å². The Hall–Kier alpha value is -1.43. The molecule has 0 amide bonds. The number of aliphatic hydroxyl groups excluding tert-OH is 1. The summed E-state index contributed by atoms with van der Waals surface area (Å²) >= 11 is 0. The third kappa shape index (κ3) is 1.61. The van der Waals surface area contributed by atoms with Gasteiger partial charge in [-0.1, -0.05) is 0 Å². The molecule has 0 unspecified atom stereocenters. The van der Waals surface area contributed by atoms with E-state index in [1.165, 1.54) is 6.33 Å². The Labute approximate surface area is 86.3 Å². The minimum atomic E-state index is -0.990. The van der Waals surface area contributed by atoms with E-state index in [-0.39, 0.29) is 6.10 Å². The second kappa shape index (κ2) is 3.62. The minimum absolute atomic E-state index is 0.389. The van der Waals surface area contributed by atoms with Crippen molar-refractivity contribution in [3.63, 3.8) is 0 Å². The van der Waals surface area contributed by atoms with Crippen molar-refractivity contribution in [2.45, 2.75) is 37.2 Å². The summed E-state index contributed by atoms with van der Waals surface area (Å²) in [7, 11) is 0. The number of aliphatic hydroxyl groups is 1. The first-order chi connectivity index (χ1) is 7.15. The second-order valence-corrected chi connectivity index (χ2v) is 3.95. The Kier molecular flexibility index (Phi) is 2.44. The molecule has 2 rings (SSSR count). The van der Waals surface area contributed by atoms with Gasteiger partial charge >= 0.3 is 5.97 Å². The van der Waals surface area contributed by atoms with E-state index in [0.29, 0.717) is 31.5 Å². The van der Waals surface area contributed by atoms with E-state index in [4.69, 9.17) is 0 Å². The fourth-order valence-electron chi connectivity index (χ4n) is 2.08. The number of carboxylic acids is 1. The third-order valence-electron chi connectivity index (χ3n) is 3.09. The molecule has 0 atom stereocenters. The molecule has 0 aliphatic heterocycles. The van der Waals surface area contributed by atoms with Gasteiger partial charge < -0.3 is 10.2 Å². The van der Waals surface area contributed by atoms with Gasteiger partial charge in [0.25, 0.3) is 0 Å². The molecule has 0 saturated heterocycles. The summed E-state index contributed by atoms with van der Waals surface area (Å²) in [5.41, 5.74) is -0.990. The maximum absolute atomic E-state index is 11.3. The summed E-state index contributed by atoms with van der Waals surface area (Å²) in [5, 5.41) is 25.0. The zero-order valence-corrected chi connectivity index (χ0v) is 8.18. The van der Waals surface area contributed by atoms with Crippen molar-refractivity contribution < 1.29 is 15.0 Å². The third-order valence-corrected chi connectivity index (χ3v) is 3.09. The highest BCUT2D eigenvalue weighted by Gasteiger charge is 2.45. The van der Waals surface area contributed by atoms with E-state index in [0.717, 1.165) is 0 Å². The van der Waals surface area contributed by atoms with Gasteiger partial charge in [-0.3, -0.25) is 9.89 Å². The fraction of sp³-hybridized carbons (Fsp3) is 0.667. The number of carbonyl (C=O) groups is 1. The predicted octanol–water partition coefficient (Wildman–Crippen LogP) is 0.0620. The van der Waals surface area contributed by atoms with Crippen molar-refractivity contribution in [1.29, 1.82) is 0 Å². The largest absolute Gasteiger partial charge is 0.480 e. The van der Waals surface area contributed by atoms with E-state index >= 15 is 0 Å². The standard InChI is InChI=1S/C9H13N3O3/c13-6-1-3-9(4-2-6,8(14)15)7-10-5-11-12-7/h5-6,13H,1-4H2,(H,14,15)(H,10,11,12). The average molecular weight is 211 g/mol. The lowest BCUT2D eigenvalue weighted by atomic mass is 9.72. The van der Waals surface area contributed by atoms with Gasteiger partial charge in [0.05, 0.1) is 6.10 Å². The number of aromatic nitrogens is 3. The highest BCUT2D eigenvalue weighted by Crippen LogP contribution is 2.37. The van der Waals surface area contributed by atoms with Crippen molar-refractivity contribution in [3.05, 3.63) is 12.2 Å². The molecule has 1 heterocycles. The summed E-state index contributed by atoms with van der Waals surface area (Å²) in [6.45, 7) is 0. The lowest BCUT2D eigenvalue weighted by Gasteiger charge is -2.33. The summed E-state index contributed by atoms with van der Waals surface area (Å²) in [6.07, 6.45) is 2.71. The van der Waals surface area contributed by atoms with Gasteiger partial charge in [0.2, 0.25) is 0 Å². The molecular formula is C9H13N3O3. The Morgan fingerprint density at radius 1 is 1.53 bits per heavy atom. The molecular weight excluding hydrogens is 198 g/mol. The molecule has 82 valence electrons. The molecule has 0 radical (unpaired) electrons. The monoisotopic (exact) mass is 211 g/mol. The van der Waals surface area contributed by atoms with Gasteiger partial charge in [0.15, 0.2) is 0 Å².